The second-order valence-electron chi connectivity index (χ2n) is 8.97. The maximum Gasteiger partial charge on any atom is 0.296 e. The highest BCUT2D eigenvalue weighted by molar-refractivity contribution is 9.10. The van der Waals surface area contributed by atoms with Crippen LogP contribution in [-0.2, 0) is 0 Å². The molecule has 2 aromatic heterocycles. The van der Waals surface area contributed by atoms with Crippen LogP contribution in [0.1, 0.15) is 30.2 Å². The number of methoxy groups -OCH3 is 2. The van der Waals surface area contributed by atoms with Crippen molar-refractivity contribution in [3.05, 3.63) is 76.8 Å². The molecule has 0 fully saturated rings. The van der Waals surface area contributed by atoms with Crippen LogP contribution < -0.4 is 9.47 Å². The van der Waals surface area contributed by atoms with E-state index >= 15 is 0 Å². The number of benzene rings is 3. The lowest BCUT2D eigenvalue weighted by atomic mass is 10.0. The molecule has 0 spiro atoms. The number of aromatic nitrogens is 2. The van der Waals surface area contributed by atoms with Gasteiger partial charge >= 0.3 is 0 Å². The minimum Gasteiger partial charge on any atom is -0.497 e. The minimum atomic E-state index is -0.572. The fourth-order valence-electron chi connectivity index (χ4n) is 4.44. The number of halogens is 1. The Bertz CT molecular complexity index is 1710. The molecule has 3 aromatic carbocycles. The summed E-state index contributed by atoms with van der Waals surface area (Å²) in [5.41, 5.74) is 3.37. The summed E-state index contributed by atoms with van der Waals surface area (Å²) >= 11 is 3.45. The second kappa shape index (κ2) is 10.3. The molecule has 192 valence electrons. The summed E-state index contributed by atoms with van der Waals surface area (Å²) in [6.07, 6.45) is 0. The number of rotatable bonds is 6. The van der Waals surface area contributed by atoms with Gasteiger partial charge in [-0.15, -0.1) is 10.2 Å². The van der Waals surface area contributed by atoms with E-state index in [1.807, 2.05) is 50.2 Å². The number of hydrogen-bond acceptors (Lipinski definition) is 6. The van der Waals surface area contributed by atoms with Crippen molar-refractivity contribution in [2.45, 2.75) is 19.9 Å². The Morgan fingerprint density at radius 2 is 1.61 bits per heavy atom. The van der Waals surface area contributed by atoms with Crippen molar-refractivity contribution in [3.8, 4) is 28.6 Å². The second-order valence-corrected chi connectivity index (χ2v) is 9.88. The van der Waals surface area contributed by atoms with Gasteiger partial charge in [-0.1, -0.05) is 28.1 Å². The van der Waals surface area contributed by atoms with Crippen molar-refractivity contribution < 1.29 is 19.4 Å². The first kappa shape index (κ1) is 25.4. The summed E-state index contributed by atoms with van der Waals surface area (Å²) < 4.78 is 13.4. The highest BCUT2D eigenvalue weighted by atomic mass is 79.9. The van der Waals surface area contributed by atoms with E-state index < -0.39 is 5.91 Å². The summed E-state index contributed by atoms with van der Waals surface area (Å²) in [5.74, 6) is 0.548. The molecule has 38 heavy (non-hydrogen) atoms. The third-order valence-electron chi connectivity index (χ3n) is 6.30. The number of ether oxygens (including phenoxy) is 2. The lowest BCUT2D eigenvalue weighted by Crippen LogP contribution is -2.00. The summed E-state index contributed by atoms with van der Waals surface area (Å²) in [4.78, 5) is 18.3. The fraction of sp³-hybridized carbons (Fsp3) is 0.172. The Morgan fingerprint density at radius 1 is 0.947 bits per heavy atom. The van der Waals surface area contributed by atoms with Crippen LogP contribution in [-0.4, -0.2) is 34.8 Å². The van der Waals surface area contributed by atoms with Crippen molar-refractivity contribution in [2.75, 3.05) is 14.2 Å². The maximum atomic E-state index is 13.5. The van der Waals surface area contributed by atoms with Crippen molar-refractivity contribution >= 4 is 49.3 Å². The predicted octanol–water partition coefficient (Wildman–Crippen LogP) is 7.85. The molecule has 0 radical (unpaired) electrons. The van der Waals surface area contributed by atoms with Crippen molar-refractivity contribution in [2.24, 2.45) is 10.2 Å². The molecule has 0 unspecified atom stereocenters. The Labute approximate surface area is 227 Å². The third kappa shape index (κ3) is 4.61. The molecule has 1 amide bonds. The summed E-state index contributed by atoms with van der Waals surface area (Å²) in [6, 6.07) is 20.1. The number of carbonyl (C=O) groups is 1. The average Bonchev–Trinajstić information content (AvgIpc) is 3.21. The molecule has 2 heterocycles. The van der Waals surface area contributed by atoms with Gasteiger partial charge in [0.15, 0.2) is 5.69 Å². The number of fused-ring (bicyclic) bond motifs is 2. The zero-order chi connectivity index (χ0) is 27.0. The van der Waals surface area contributed by atoms with Crippen LogP contribution in [0, 0.1) is 0 Å². The van der Waals surface area contributed by atoms with Gasteiger partial charge in [0.05, 0.1) is 36.5 Å². The van der Waals surface area contributed by atoms with Gasteiger partial charge in [0.2, 0.25) is 5.88 Å². The molecule has 0 aliphatic rings. The Morgan fingerprint density at radius 3 is 2.26 bits per heavy atom. The van der Waals surface area contributed by atoms with Gasteiger partial charge in [-0.3, -0.25) is 4.79 Å². The van der Waals surface area contributed by atoms with E-state index in [-0.39, 0.29) is 17.6 Å². The van der Waals surface area contributed by atoms with Crippen molar-refractivity contribution in [1.82, 2.24) is 9.55 Å². The Kier molecular flexibility index (Phi) is 6.86. The van der Waals surface area contributed by atoms with Gasteiger partial charge in [0.25, 0.3) is 5.91 Å². The van der Waals surface area contributed by atoms with Gasteiger partial charge in [0, 0.05) is 26.9 Å². The Balaban J connectivity index is 1.65. The van der Waals surface area contributed by atoms with E-state index in [1.54, 1.807) is 49.1 Å². The van der Waals surface area contributed by atoms with E-state index in [9.17, 15) is 9.90 Å². The van der Waals surface area contributed by atoms with Crippen LogP contribution in [0.3, 0.4) is 0 Å². The van der Waals surface area contributed by atoms with Crippen LogP contribution in [0.2, 0.25) is 0 Å². The molecule has 5 aromatic rings. The van der Waals surface area contributed by atoms with Gasteiger partial charge < -0.3 is 19.1 Å². The largest absolute Gasteiger partial charge is 0.497 e. The van der Waals surface area contributed by atoms with E-state index in [0.29, 0.717) is 39.0 Å². The number of nitrogens with zero attached hydrogens (tertiary/aromatic N) is 4. The molecule has 5 rings (SSSR count). The smallest absolute Gasteiger partial charge is 0.296 e. The zero-order valence-electron chi connectivity index (χ0n) is 21.3. The van der Waals surface area contributed by atoms with Crippen LogP contribution in [0.25, 0.3) is 33.1 Å². The summed E-state index contributed by atoms with van der Waals surface area (Å²) in [6.45, 7) is 3.91. The molecule has 0 bridgehead atoms. The van der Waals surface area contributed by atoms with Gasteiger partial charge in [-0.25, -0.2) is 4.98 Å². The van der Waals surface area contributed by atoms with E-state index in [1.165, 1.54) is 0 Å². The fourth-order valence-corrected chi connectivity index (χ4v) is 4.70. The molecular weight excluding hydrogens is 548 g/mol. The van der Waals surface area contributed by atoms with E-state index in [0.717, 1.165) is 15.6 Å². The lowest BCUT2D eigenvalue weighted by molar-refractivity contribution is 0.0996. The number of pyridine rings is 1. The highest BCUT2D eigenvalue weighted by Gasteiger charge is 2.21. The number of hydrogen-bond donors (Lipinski definition) is 1. The van der Waals surface area contributed by atoms with Crippen LogP contribution in [0.15, 0.2) is 81.4 Å². The minimum absolute atomic E-state index is 0.0457. The van der Waals surface area contributed by atoms with Crippen LogP contribution in [0.4, 0.5) is 5.69 Å². The molecule has 0 atom stereocenters. The quantitative estimate of drug-likeness (QED) is 0.209. The summed E-state index contributed by atoms with van der Waals surface area (Å²) in [7, 11) is 3.13. The zero-order valence-corrected chi connectivity index (χ0v) is 22.9. The van der Waals surface area contributed by atoms with Crippen molar-refractivity contribution in [3.63, 3.8) is 0 Å². The van der Waals surface area contributed by atoms with E-state index in [2.05, 4.69) is 26.2 Å². The monoisotopic (exact) mass is 572 g/mol. The topological polar surface area (TPSA) is 98.3 Å². The molecule has 0 aliphatic heterocycles. The van der Waals surface area contributed by atoms with Gasteiger partial charge in [0.1, 0.15) is 11.5 Å². The first-order chi connectivity index (χ1) is 18.3. The summed E-state index contributed by atoms with van der Waals surface area (Å²) in [5, 5.41) is 20.5. The normalized spacial score (nSPS) is 11.6. The third-order valence-corrected chi connectivity index (χ3v) is 6.83. The molecular formula is C29H25BrN4O4. The first-order valence-electron chi connectivity index (χ1n) is 11.9. The molecule has 8 nitrogen and oxygen atoms in total. The van der Waals surface area contributed by atoms with Crippen molar-refractivity contribution in [1.29, 1.82) is 0 Å². The standard InChI is InChI=1S/C29H25BrN4O4/c1-16(2)34-26-12-10-20(38-4)14-23(26)27(29(34)36)32-33-28(35)22-15-25(17-5-7-18(30)8-6-17)31-24-11-9-19(37-3)13-21(22)24/h5-16,36H,1-4H3. The molecule has 0 saturated heterocycles. The van der Waals surface area contributed by atoms with Crippen LogP contribution in [0.5, 0.6) is 17.4 Å². The van der Waals surface area contributed by atoms with Crippen LogP contribution >= 0.6 is 15.9 Å². The van der Waals surface area contributed by atoms with Gasteiger partial charge in [-0.2, -0.15) is 0 Å². The molecule has 1 N–H and O–H groups in total. The first-order valence-corrected chi connectivity index (χ1v) is 12.7. The molecule has 0 aliphatic carbocycles. The number of azo groups is 1. The van der Waals surface area contributed by atoms with E-state index in [4.69, 9.17) is 14.5 Å². The molecule has 0 saturated carbocycles. The number of amides is 1. The lowest BCUT2D eigenvalue weighted by Gasteiger charge is -2.10. The number of aromatic hydroxyl groups is 1. The highest BCUT2D eigenvalue weighted by Crippen LogP contribution is 2.42. The SMILES string of the molecule is COc1ccc2nc(-c3ccc(Br)cc3)cc(C(=O)N=Nc3c(O)n(C(C)C)c4ccc(OC)cc34)c2c1. The number of carbonyl (C=O) groups excluding carboxylic acids is 1. The average molecular weight is 573 g/mol. The molecule has 9 heteroatoms. The maximum absolute atomic E-state index is 13.5. The predicted molar refractivity (Wildman–Crippen MR) is 151 cm³/mol. The van der Waals surface area contributed by atoms with Gasteiger partial charge in [-0.05, 0) is 68.4 Å². The Hall–Kier alpha value is -4.24.